The van der Waals surface area contributed by atoms with Crippen molar-refractivity contribution in [3.63, 3.8) is 0 Å². The van der Waals surface area contributed by atoms with E-state index < -0.39 is 5.91 Å². The Morgan fingerprint density at radius 3 is 2.32 bits per heavy atom. The van der Waals surface area contributed by atoms with Gasteiger partial charge in [-0.3, -0.25) is 4.79 Å². The zero-order valence-electron chi connectivity index (χ0n) is 17.5. The average molecular weight is 405 g/mol. The molecule has 31 heavy (non-hydrogen) atoms. The number of nitrogens with zero attached hydrogens (tertiary/aromatic N) is 1. The summed E-state index contributed by atoms with van der Waals surface area (Å²) in [6.07, 6.45) is 0.889. The van der Waals surface area contributed by atoms with Crippen LogP contribution in [0.15, 0.2) is 91.0 Å². The Hall–Kier alpha value is -3.85. The van der Waals surface area contributed by atoms with Gasteiger partial charge in [-0.25, -0.2) is 0 Å². The average Bonchev–Trinajstić information content (AvgIpc) is 3.08. The largest absolute Gasteiger partial charge is 0.366 e. The van der Waals surface area contributed by atoms with E-state index in [4.69, 9.17) is 5.73 Å². The molecule has 0 unspecified atom stereocenters. The third-order valence-corrected chi connectivity index (χ3v) is 6.00. The van der Waals surface area contributed by atoms with E-state index in [1.807, 2.05) is 18.2 Å². The molecule has 0 aliphatic rings. The van der Waals surface area contributed by atoms with Gasteiger partial charge in [0.05, 0.1) is 5.52 Å². The first kappa shape index (κ1) is 19.1. The van der Waals surface area contributed by atoms with E-state index in [2.05, 4.69) is 84.3 Å². The minimum Gasteiger partial charge on any atom is -0.366 e. The number of primary amides is 1. The highest BCUT2D eigenvalue weighted by Gasteiger charge is 2.17. The molecule has 4 aromatic carbocycles. The van der Waals surface area contributed by atoms with Gasteiger partial charge in [0.2, 0.25) is 5.91 Å². The van der Waals surface area contributed by atoms with Gasteiger partial charge in [0, 0.05) is 28.4 Å². The lowest BCUT2D eigenvalue weighted by molar-refractivity contribution is 0.100. The maximum Gasteiger partial charge on any atom is 0.249 e. The SMILES string of the molecule is Cc1ccc2c3c(C(N)=O)cccc3n(Cc3ccccc3Cc3ccccc3)c2c1. The first-order valence-electron chi connectivity index (χ1n) is 10.5. The monoisotopic (exact) mass is 404 g/mol. The highest BCUT2D eigenvalue weighted by Crippen LogP contribution is 2.33. The Balaban J connectivity index is 1.69. The van der Waals surface area contributed by atoms with E-state index in [9.17, 15) is 4.79 Å². The van der Waals surface area contributed by atoms with Gasteiger partial charge in [0.1, 0.15) is 0 Å². The van der Waals surface area contributed by atoms with E-state index in [-0.39, 0.29) is 0 Å². The van der Waals surface area contributed by atoms with Crippen LogP contribution in [-0.4, -0.2) is 10.5 Å². The second kappa shape index (κ2) is 7.77. The van der Waals surface area contributed by atoms with E-state index in [1.165, 1.54) is 22.3 Å². The molecule has 1 heterocycles. The number of hydrogen-bond donors (Lipinski definition) is 1. The summed E-state index contributed by atoms with van der Waals surface area (Å²) in [5.74, 6) is -0.394. The summed E-state index contributed by atoms with van der Waals surface area (Å²) in [5.41, 5.74) is 13.5. The van der Waals surface area contributed by atoms with Crippen LogP contribution in [-0.2, 0) is 13.0 Å². The van der Waals surface area contributed by atoms with Gasteiger partial charge in [0.25, 0.3) is 0 Å². The van der Waals surface area contributed by atoms with Crippen molar-refractivity contribution in [2.45, 2.75) is 19.9 Å². The summed E-state index contributed by atoms with van der Waals surface area (Å²) < 4.78 is 2.31. The van der Waals surface area contributed by atoms with Gasteiger partial charge in [-0.1, -0.05) is 72.8 Å². The van der Waals surface area contributed by atoms with Crippen LogP contribution >= 0.6 is 0 Å². The lowest BCUT2D eigenvalue weighted by Crippen LogP contribution is -2.11. The summed E-state index contributed by atoms with van der Waals surface area (Å²) >= 11 is 0. The minimum atomic E-state index is -0.394. The second-order valence-electron chi connectivity index (χ2n) is 8.10. The zero-order chi connectivity index (χ0) is 21.4. The molecule has 152 valence electrons. The zero-order valence-corrected chi connectivity index (χ0v) is 17.5. The number of carbonyl (C=O) groups excluding carboxylic acids is 1. The fraction of sp³-hybridized carbons (Fsp3) is 0.107. The second-order valence-corrected chi connectivity index (χ2v) is 8.10. The maximum absolute atomic E-state index is 12.2. The molecule has 0 atom stereocenters. The van der Waals surface area contributed by atoms with E-state index in [0.717, 1.165) is 34.8 Å². The highest BCUT2D eigenvalue weighted by atomic mass is 16.1. The van der Waals surface area contributed by atoms with Crippen molar-refractivity contribution in [1.29, 1.82) is 0 Å². The van der Waals surface area contributed by atoms with Crippen LogP contribution in [0.2, 0.25) is 0 Å². The molecule has 0 spiro atoms. The number of amides is 1. The number of fused-ring (bicyclic) bond motifs is 3. The Labute approximate surface area is 181 Å². The molecule has 0 aliphatic heterocycles. The normalized spacial score (nSPS) is 11.3. The molecule has 1 amide bonds. The molecule has 3 heteroatoms. The molecule has 0 fully saturated rings. The third-order valence-electron chi connectivity index (χ3n) is 6.00. The van der Waals surface area contributed by atoms with Crippen molar-refractivity contribution < 1.29 is 4.79 Å². The summed E-state index contributed by atoms with van der Waals surface area (Å²) in [4.78, 5) is 12.2. The summed E-state index contributed by atoms with van der Waals surface area (Å²) in [6.45, 7) is 2.83. The van der Waals surface area contributed by atoms with Crippen LogP contribution in [0.4, 0.5) is 0 Å². The number of aryl methyl sites for hydroxylation is 1. The predicted octanol–water partition coefficient (Wildman–Crippen LogP) is 5.84. The lowest BCUT2D eigenvalue weighted by atomic mass is 9.99. The van der Waals surface area contributed by atoms with Gasteiger partial charge in [-0.05, 0) is 53.8 Å². The predicted molar refractivity (Wildman–Crippen MR) is 127 cm³/mol. The van der Waals surface area contributed by atoms with Crippen molar-refractivity contribution in [1.82, 2.24) is 4.57 Å². The first-order valence-corrected chi connectivity index (χ1v) is 10.5. The molecule has 0 bridgehead atoms. The quantitative estimate of drug-likeness (QED) is 0.393. The molecule has 0 radical (unpaired) electrons. The lowest BCUT2D eigenvalue weighted by Gasteiger charge is -2.13. The Kier molecular flexibility index (Phi) is 4.79. The van der Waals surface area contributed by atoms with Crippen LogP contribution in [0.25, 0.3) is 21.8 Å². The summed E-state index contributed by atoms with van der Waals surface area (Å²) in [5, 5.41) is 2.00. The number of benzene rings is 4. The number of aromatic nitrogens is 1. The van der Waals surface area contributed by atoms with Gasteiger partial charge >= 0.3 is 0 Å². The van der Waals surface area contributed by atoms with Crippen molar-refractivity contribution in [2.24, 2.45) is 5.73 Å². The van der Waals surface area contributed by atoms with E-state index >= 15 is 0 Å². The number of carbonyl (C=O) groups is 1. The standard InChI is InChI=1S/C28H24N2O/c1-19-14-15-23-26(16-19)30(25-13-7-12-24(27(23)25)28(29)31)18-22-11-6-5-10-21(22)17-20-8-3-2-4-9-20/h2-16H,17-18H2,1H3,(H2,29,31). The van der Waals surface area contributed by atoms with Crippen LogP contribution < -0.4 is 5.73 Å². The van der Waals surface area contributed by atoms with Crippen molar-refractivity contribution in [3.8, 4) is 0 Å². The van der Waals surface area contributed by atoms with Gasteiger partial charge in [-0.2, -0.15) is 0 Å². The molecule has 2 N–H and O–H groups in total. The van der Waals surface area contributed by atoms with Crippen LogP contribution in [0.1, 0.15) is 32.6 Å². The highest BCUT2D eigenvalue weighted by molar-refractivity contribution is 6.17. The molecule has 5 aromatic rings. The van der Waals surface area contributed by atoms with E-state index in [1.54, 1.807) is 0 Å². The third kappa shape index (κ3) is 3.49. The molecule has 0 saturated heterocycles. The van der Waals surface area contributed by atoms with Crippen LogP contribution in [0.3, 0.4) is 0 Å². The smallest absolute Gasteiger partial charge is 0.249 e. The van der Waals surface area contributed by atoms with Crippen molar-refractivity contribution in [3.05, 3.63) is 119 Å². The van der Waals surface area contributed by atoms with Crippen LogP contribution in [0, 0.1) is 6.92 Å². The van der Waals surface area contributed by atoms with E-state index in [0.29, 0.717) is 5.56 Å². The maximum atomic E-state index is 12.2. The summed E-state index contributed by atoms with van der Waals surface area (Å²) in [6, 6.07) is 31.3. The minimum absolute atomic E-state index is 0.394. The summed E-state index contributed by atoms with van der Waals surface area (Å²) in [7, 11) is 0. The van der Waals surface area contributed by atoms with Gasteiger partial charge in [0.15, 0.2) is 0 Å². The Morgan fingerprint density at radius 2 is 1.55 bits per heavy atom. The first-order chi connectivity index (χ1) is 15.1. The molecular weight excluding hydrogens is 380 g/mol. The number of hydrogen-bond acceptors (Lipinski definition) is 1. The Morgan fingerprint density at radius 1 is 0.806 bits per heavy atom. The fourth-order valence-corrected chi connectivity index (χ4v) is 4.50. The molecule has 0 aliphatic carbocycles. The number of rotatable bonds is 5. The van der Waals surface area contributed by atoms with Gasteiger partial charge in [-0.15, -0.1) is 0 Å². The van der Waals surface area contributed by atoms with Crippen LogP contribution in [0.5, 0.6) is 0 Å². The molecule has 1 aromatic heterocycles. The van der Waals surface area contributed by atoms with Crippen molar-refractivity contribution >= 4 is 27.7 Å². The molecule has 0 saturated carbocycles. The van der Waals surface area contributed by atoms with Gasteiger partial charge < -0.3 is 10.3 Å². The Bertz CT molecular complexity index is 1410. The van der Waals surface area contributed by atoms with Crippen molar-refractivity contribution in [2.75, 3.05) is 0 Å². The molecule has 3 nitrogen and oxygen atoms in total. The topological polar surface area (TPSA) is 48.0 Å². The molecular formula is C28H24N2O. The fourth-order valence-electron chi connectivity index (χ4n) is 4.50. The molecule has 5 rings (SSSR count). The number of nitrogens with two attached hydrogens (primary N) is 1.